The Labute approximate surface area is 643 Å². The van der Waals surface area contributed by atoms with Gasteiger partial charge in [-0.3, -0.25) is 37.3 Å². The highest BCUT2D eigenvalue weighted by Gasteiger charge is 2.56. The smallest absolute Gasteiger partial charge is 0.457 e. The maximum Gasteiger partial charge on any atom is 0.481 e. The Hall–Kier alpha value is -1.96. The highest BCUT2D eigenvalue weighted by Crippen LogP contribution is 2.62. The summed E-state index contributed by atoms with van der Waals surface area (Å²) >= 11 is 0. The van der Waals surface area contributed by atoms with Crippen molar-refractivity contribution in [1.29, 1.82) is 0 Å². The van der Waals surface area contributed by atoms with Crippen LogP contribution in [0.25, 0.3) is 0 Å². The van der Waals surface area contributed by atoms with E-state index in [9.17, 15) is 87.7 Å². The maximum atomic E-state index is 14.4. The molecule has 18 atom stereocenters. The highest BCUT2D eigenvalue weighted by molar-refractivity contribution is 7.64. The van der Waals surface area contributed by atoms with Gasteiger partial charge in [-0.15, -0.1) is 0 Å². The number of ether oxygens (including phenoxy) is 5. The summed E-state index contributed by atoms with van der Waals surface area (Å²) in [5.41, 5.74) is 5.42. The zero-order valence-electron chi connectivity index (χ0n) is 65.6. The van der Waals surface area contributed by atoms with E-state index in [4.69, 9.17) is 42.8 Å². The van der Waals surface area contributed by atoms with Gasteiger partial charge in [-0.05, 0) is 32.1 Å². The molecule has 0 bridgehead atoms. The summed E-state index contributed by atoms with van der Waals surface area (Å²) in [5, 5.41) is 73.5. The average Bonchev–Trinajstić information content (AvgIpc) is 0.779. The number of phosphoric ester groups is 3. The van der Waals surface area contributed by atoms with Crippen LogP contribution >= 0.6 is 31.1 Å². The summed E-state index contributed by atoms with van der Waals surface area (Å²) in [7, 11) is -22.3. The highest BCUT2D eigenvalue weighted by atomic mass is 31.3. The van der Waals surface area contributed by atoms with E-state index in [0.29, 0.717) is 25.7 Å². The monoisotopic (exact) mass is 1630 g/mol. The molecule has 31 nitrogen and oxygen atoms in total. The SMILES string of the molecule is CCCCCCCCCCC[C@@H](O)CC(=O)NC1[C@@H](OP(=O)(O)OP(=O)(O)CCC)OC(CO[C@@H]2OC(CO)[C@@H](OP(=O)(O)OP(=O)(O)OCCN)[C@H](OC(=O)C[C@H](O)CCCCCCCCCCC)C2NC(=O)C[C@H](O)CCCCCCCCCCC)[C@@H](O)[C@@H]1OC(=O)C[C@H](O)CCCCCCCCCCC. The van der Waals surface area contributed by atoms with Crippen molar-refractivity contribution in [2.45, 2.75) is 409 Å². The van der Waals surface area contributed by atoms with Crippen molar-refractivity contribution >= 4 is 54.8 Å². The molecule has 0 aromatic heterocycles. The summed E-state index contributed by atoms with van der Waals surface area (Å²) in [5.74, 6) is -4.39. The van der Waals surface area contributed by atoms with Crippen LogP contribution in [-0.2, 0) is 83.3 Å². The fraction of sp³-hybridized carbons (Fsp3) is 0.945. The molecule has 2 rings (SSSR count). The van der Waals surface area contributed by atoms with E-state index < -0.39 is 192 Å². The molecule has 0 aromatic carbocycles. The number of nitrogens with two attached hydrogens (primary N) is 1. The largest absolute Gasteiger partial charge is 0.481 e. The van der Waals surface area contributed by atoms with Crippen LogP contribution in [0.2, 0.25) is 0 Å². The van der Waals surface area contributed by atoms with Gasteiger partial charge in [-0.1, -0.05) is 266 Å². The van der Waals surface area contributed by atoms with Gasteiger partial charge < -0.3 is 90.3 Å². The molecular formula is C73H143N3O28P4. The Kier molecular flexibility index (Phi) is 56.4. The van der Waals surface area contributed by atoms with Crippen LogP contribution in [0.1, 0.15) is 324 Å². The van der Waals surface area contributed by atoms with Crippen LogP contribution in [-0.4, -0.2) is 192 Å². The number of aliphatic hydroxyl groups is 6. The van der Waals surface area contributed by atoms with Gasteiger partial charge in [0.05, 0.1) is 76.1 Å². The molecule has 2 saturated heterocycles. The molecule has 0 aromatic rings. The molecule has 0 aliphatic carbocycles. The number of hydrogen-bond donors (Lipinski definition) is 13. The van der Waals surface area contributed by atoms with Crippen LogP contribution in [0.4, 0.5) is 0 Å². The van der Waals surface area contributed by atoms with Gasteiger partial charge in [-0.2, -0.15) is 4.31 Å². The van der Waals surface area contributed by atoms with Gasteiger partial charge in [-0.25, -0.2) is 18.0 Å². The van der Waals surface area contributed by atoms with Crippen molar-refractivity contribution < 1.29 is 134 Å². The van der Waals surface area contributed by atoms with E-state index in [1.54, 1.807) is 0 Å². The third-order valence-electron chi connectivity index (χ3n) is 19.1. The molecule has 0 radical (unpaired) electrons. The summed E-state index contributed by atoms with van der Waals surface area (Å²) in [6, 6.07) is -4.10. The molecule has 2 heterocycles. The molecule has 0 spiro atoms. The minimum absolute atomic E-state index is 0.0273. The van der Waals surface area contributed by atoms with Crippen molar-refractivity contribution in [3.63, 3.8) is 0 Å². The standard InChI is InChI=1S/C73H143N3O28P4/c1-6-11-15-19-23-27-31-35-39-43-56(78)50-62(82)75-66-70(99-64(84)52-58(80)45-41-37-33-29-25-21-17-13-8-3)68(86)61(98-73(66)102-108(93,94)103-105(87,88)49-10-5)55-95-72-67(76-63(83)51-57(79)44-40-36-32-28-24-20-16-12-7-2)71(100-65(85)53-59(81)46-42-38-34-30-26-22-18-14-9-4)69(60(54-77)97-72)101-107(91,92)104-106(89,90)96-48-47-74/h56-61,66-73,77-81,86H,6-55,74H2,1-5H3,(H,75,82)(H,76,83)(H,87,88)(H,89,90)(H,91,92)(H,93,94)/t56-,57-,58-,59-,60?,61?,66?,67?,68-,69-,70-,71-,72-,73-/m1/s1. The summed E-state index contributed by atoms with van der Waals surface area (Å²) in [6.07, 6.45) is 9.03. The Morgan fingerprint density at radius 2 is 0.769 bits per heavy atom. The first-order valence-corrected chi connectivity index (χ1v) is 47.1. The molecule has 2 fully saturated rings. The molecule has 108 heavy (non-hydrogen) atoms. The molecule has 638 valence electrons. The van der Waals surface area contributed by atoms with E-state index in [1.807, 2.05) is 0 Å². The second-order valence-corrected chi connectivity index (χ2v) is 35.8. The lowest BCUT2D eigenvalue weighted by Gasteiger charge is -2.47. The fourth-order valence-electron chi connectivity index (χ4n) is 13.2. The Morgan fingerprint density at radius 3 is 1.14 bits per heavy atom. The number of unbranched alkanes of at least 4 members (excludes halogenated alkanes) is 32. The van der Waals surface area contributed by atoms with Crippen molar-refractivity contribution in [3.8, 4) is 0 Å². The minimum atomic E-state index is -5.97. The van der Waals surface area contributed by atoms with E-state index >= 15 is 0 Å². The van der Waals surface area contributed by atoms with E-state index in [0.717, 1.165) is 205 Å². The van der Waals surface area contributed by atoms with Gasteiger partial charge in [0.15, 0.2) is 24.8 Å². The number of carbonyl (C=O) groups is 4. The van der Waals surface area contributed by atoms with Gasteiger partial charge >= 0.3 is 43.0 Å². The van der Waals surface area contributed by atoms with Crippen LogP contribution < -0.4 is 16.4 Å². The Bertz CT molecular complexity index is 2570. The van der Waals surface area contributed by atoms with Crippen molar-refractivity contribution in [3.05, 3.63) is 0 Å². The lowest BCUT2D eigenvalue weighted by Crippen LogP contribution is -2.68. The van der Waals surface area contributed by atoms with Crippen molar-refractivity contribution in [2.24, 2.45) is 5.73 Å². The lowest BCUT2D eigenvalue weighted by atomic mass is 9.95. The second-order valence-electron chi connectivity index (χ2n) is 29.3. The van der Waals surface area contributed by atoms with E-state index in [2.05, 4.69) is 47.2 Å². The molecule has 14 N–H and O–H groups in total. The Balaban J connectivity index is 2.83. The second kappa shape index (κ2) is 59.7. The van der Waals surface area contributed by atoms with E-state index in [-0.39, 0.29) is 38.6 Å². The van der Waals surface area contributed by atoms with E-state index in [1.165, 1.54) is 6.92 Å². The number of amides is 2. The number of nitrogens with one attached hydrogen (secondary N) is 2. The molecule has 8 unspecified atom stereocenters. The van der Waals surface area contributed by atoms with Gasteiger partial charge in [0.2, 0.25) is 11.8 Å². The first kappa shape index (κ1) is 102. The predicted molar refractivity (Wildman–Crippen MR) is 407 cm³/mol. The molecule has 35 heteroatoms. The van der Waals surface area contributed by atoms with Crippen molar-refractivity contribution in [2.75, 3.05) is 32.5 Å². The first-order valence-electron chi connectivity index (χ1n) is 40.8. The molecule has 0 saturated carbocycles. The maximum absolute atomic E-state index is 14.4. The number of carbonyl (C=O) groups excluding carboxylic acids is 4. The lowest BCUT2D eigenvalue weighted by molar-refractivity contribution is -0.296. The quantitative estimate of drug-likeness (QED) is 0.0153. The summed E-state index contributed by atoms with van der Waals surface area (Å²) in [6.45, 7) is 6.65. The van der Waals surface area contributed by atoms with Gasteiger partial charge in [0, 0.05) is 6.54 Å². The third kappa shape index (κ3) is 47.8. The number of phosphoric acid groups is 3. The van der Waals surface area contributed by atoms with Crippen LogP contribution in [0.5, 0.6) is 0 Å². The minimum Gasteiger partial charge on any atom is -0.457 e. The number of esters is 2. The van der Waals surface area contributed by atoms with Crippen molar-refractivity contribution in [1.82, 2.24) is 10.6 Å². The Morgan fingerprint density at radius 1 is 0.426 bits per heavy atom. The topological polar surface area (TPSA) is 481 Å². The van der Waals surface area contributed by atoms with Gasteiger partial charge in [0.1, 0.15) is 36.5 Å². The normalized spacial score (nSPS) is 23.8. The van der Waals surface area contributed by atoms with Crippen LogP contribution in [0, 0.1) is 0 Å². The molecule has 2 aliphatic rings. The molecule has 2 amide bonds. The summed E-state index contributed by atoms with van der Waals surface area (Å²) in [4.78, 5) is 100. The zero-order chi connectivity index (χ0) is 80.2. The third-order valence-corrected chi connectivity index (χ3v) is 25.1. The number of aliphatic hydroxyl groups excluding tert-OH is 6. The predicted octanol–water partition coefficient (Wildman–Crippen LogP) is 12.6. The average molecular weight is 1630 g/mol. The number of rotatable bonds is 69. The van der Waals surface area contributed by atoms with Crippen LogP contribution in [0.15, 0.2) is 0 Å². The summed E-state index contributed by atoms with van der Waals surface area (Å²) < 4.78 is 109. The zero-order valence-corrected chi connectivity index (χ0v) is 69.2. The molecular weight excluding hydrogens is 1490 g/mol. The number of hydrogen-bond acceptors (Lipinski definition) is 25. The molecule has 2 aliphatic heterocycles. The van der Waals surface area contributed by atoms with Crippen LogP contribution in [0.3, 0.4) is 0 Å². The fourth-order valence-corrected chi connectivity index (χ4v) is 18.3. The first-order chi connectivity index (χ1) is 51.5. The van der Waals surface area contributed by atoms with Gasteiger partial charge in [0.25, 0.3) is 0 Å².